The molecule has 3 atom stereocenters. The van der Waals surface area contributed by atoms with Crippen LogP contribution in [0.2, 0.25) is 0 Å². The van der Waals surface area contributed by atoms with Crippen LogP contribution in [0, 0.1) is 24.2 Å². The molecule has 7 heteroatoms. The molecule has 0 amide bonds. The second-order valence-corrected chi connectivity index (χ2v) is 8.92. The molecule has 3 rings (SSSR count). The summed E-state index contributed by atoms with van der Waals surface area (Å²) in [6.45, 7) is 6.50. The van der Waals surface area contributed by atoms with Gasteiger partial charge in [-0.1, -0.05) is 13.8 Å². The fraction of sp³-hybridized carbons (Fsp3) is 0.625. The van der Waals surface area contributed by atoms with Gasteiger partial charge < -0.3 is 0 Å². The van der Waals surface area contributed by atoms with E-state index in [2.05, 4.69) is 13.8 Å². The van der Waals surface area contributed by atoms with E-state index in [0.29, 0.717) is 19.0 Å². The first-order valence-corrected chi connectivity index (χ1v) is 9.10. The Hall–Kier alpha value is -1.08. The van der Waals surface area contributed by atoms with Crippen LogP contribution in [0.1, 0.15) is 31.4 Å². The lowest BCUT2D eigenvalue weighted by Crippen LogP contribution is -2.30. The molecule has 3 unspecified atom stereocenters. The summed E-state index contributed by atoms with van der Waals surface area (Å²) < 4.78 is 65.3. The van der Waals surface area contributed by atoms with E-state index in [1.807, 2.05) is 0 Å². The molecule has 1 aromatic carbocycles. The lowest BCUT2D eigenvalue weighted by molar-refractivity contribution is -0.137. The van der Waals surface area contributed by atoms with Crippen LogP contribution in [-0.2, 0) is 16.2 Å². The van der Waals surface area contributed by atoms with Crippen molar-refractivity contribution in [3.8, 4) is 0 Å². The number of rotatable bonds is 2. The van der Waals surface area contributed by atoms with Crippen molar-refractivity contribution >= 4 is 10.0 Å². The molecule has 1 aromatic rings. The molecule has 1 spiro atoms. The van der Waals surface area contributed by atoms with Gasteiger partial charge in [0.1, 0.15) is 0 Å². The van der Waals surface area contributed by atoms with Crippen molar-refractivity contribution < 1.29 is 21.6 Å². The first-order valence-electron chi connectivity index (χ1n) is 7.66. The Bertz CT molecular complexity index is 744. The molecule has 0 bridgehead atoms. The highest BCUT2D eigenvalue weighted by Gasteiger charge is 2.60. The average Bonchev–Trinajstić information content (AvgIpc) is 2.94. The Labute approximate surface area is 134 Å². The normalized spacial score (nSPS) is 31.7. The maximum Gasteiger partial charge on any atom is 0.416 e. The maximum atomic E-state index is 12.8. The van der Waals surface area contributed by atoms with Crippen LogP contribution in [0.4, 0.5) is 13.2 Å². The minimum atomic E-state index is -4.47. The Kier molecular flexibility index (Phi) is 3.61. The van der Waals surface area contributed by atoms with Crippen LogP contribution in [0.5, 0.6) is 0 Å². The van der Waals surface area contributed by atoms with Gasteiger partial charge in [-0.05, 0) is 54.4 Å². The SMILES string of the molecule is Cc1cc(C(F)(F)F)ccc1S(=O)(=O)N1CC(C)C2(CC2C)C1. The summed E-state index contributed by atoms with van der Waals surface area (Å²) in [4.78, 5) is -0.0250. The van der Waals surface area contributed by atoms with Gasteiger partial charge in [0.2, 0.25) is 10.0 Å². The van der Waals surface area contributed by atoms with E-state index < -0.39 is 21.8 Å². The number of benzene rings is 1. The molecule has 2 aliphatic rings. The van der Waals surface area contributed by atoms with E-state index in [0.717, 1.165) is 24.6 Å². The molecular formula is C16H20F3NO2S. The molecule has 0 radical (unpaired) electrons. The van der Waals surface area contributed by atoms with E-state index in [1.165, 1.54) is 11.2 Å². The molecule has 1 saturated heterocycles. The third-order valence-corrected chi connectivity index (χ3v) is 7.53. The molecule has 1 saturated carbocycles. The lowest BCUT2D eigenvalue weighted by Gasteiger charge is -2.19. The predicted octanol–water partition coefficient (Wildman–Crippen LogP) is 3.68. The van der Waals surface area contributed by atoms with Gasteiger partial charge in [0.25, 0.3) is 0 Å². The summed E-state index contributed by atoms with van der Waals surface area (Å²) >= 11 is 0. The van der Waals surface area contributed by atoms with Gasteiger partial charge in [-0.2, -0.15) is 17.5 Å². The Morgan fingerprint density at radius 2 is 1.83 bits per heavy atom. The van der Waals surface area contributed by atoms with E-state index in [9.17, 15) is 21.6 Å². The third kappa shape index (κ3) is 2.58. The van der Waals surface area contributed by atoms with Gasteiger partial charge in [0, 0.05) is 13.1 Å². The van der Waals surface area contributed by atoms with Gasteiger partial charge in [0.15, 0.2) is 0 Å². The third-order valence-electron chi connectivity index (χ3n) is 5.56. The highest BCUT2D eigenvalue weighted by molar-refractivity contribution is 7.89. The van der Waals surface area contributed by atoms with Gasteiger partial charge in [-0.25, -0.2) is 8.42 Å². The van der Waals surface area contributed by atoms with E-state index in [4.69, 9.17) is 0 Å². The molecule has 1 aliphatic carbocycles. The van der Waals surface area contributed by atoms with Crippen molar-refractivity contribution in [1.82, 2.24) is 4.31 Å². The zero-order valence-corrected chi connectivity index (χ0v) is 14.1. The molecule has 1 heterocycles. The number of hydrogen-bond acceptors (Lipinski definition) is 2. The van der Waals surface area contributed by atoms with Crippen molar-refractivity contribution in [3.05, 3.63) is 29.3 Å². The van der Waals surface area contributed by atoms with Crippen molar-refractivity contribution in [3.63, 3.8) is 0 Å². The van der Waals surface area contributed by atoms with Crippen molar-refractivity contribution in [2.45, 2.75) is 38.3 Å². The highest BCUT2D eigenvalue weighted by atomic mass is 32.2. The first kappa shape index (κ1) is 16.8. The molecule has 23 heavy (non-hydrogen) atoms. The van der Waals surface area contributed by atoms with Crippen LogP contribution in [0.15, 0.2) is 23.1 Å². The Balaban J connectivity index is 1.92. The summed E-state index contributed by atoms with van der Waals surface area (Å²) in [5.41, 5.74) is -0.624. The second-order valence-electron chi connectivity index (χ2n) is 7.01. The zero-order chi connectivity index (χ0) is 17.2. The van der Waals surface area contributed by atoms with Crippen molar-refractivity contribution in [1.29, 1.82) is 0 Å². The molecule has 1 aliphatic heterocycles. The minimum Gasteiger partial charge on any atom is -0.207 e. The monoisotopic (exact) mass is 347 g/mol. The van der Waals surface area contributed by atoms with Gasteiger partial charge in [-0.3, -0.25) is 0 Å². The largest absolute Gasteiger partial charge is 0.416 e. The van der Waals surface area contributed by atoms with E-state index in [-0.39, 0.29) is 21.8 Å². The second kappa shape index (κ2) is 4.96. The van der Waals surface area contributed by atoms with E-state index >= 15 is 0 Å². The maximum absolute atomic E-state index is 12.8. The molecule has 3 nitrogen and oxygen atoms in total. The molecule has 128 valence electrons. The van der Waals surface area contributed by atoms with Crippen LogP contribution < -0.4 is 0 Å². The zero-order valence-electron chi connectivity index (χ0n) is 13.3. The lowest BCUT2D eigenvalue weighted by atomic mass is 9.93. The van der Waals surface area contributed by atoms with Crippen molar-refractivity contribution in [2.75, 3.05) is 13.1 Å². The fourth-order valence-corrected chi connectivity index (χ4v) is 5.71. The quantitative estimate of drug-likeness (QED) is 0.818. The van der Waals surface area contributed by atoms with Crippen molar-refractivity contribution in [2.24, 2.45) is 17.3 Å². The number of halogens is 3. The number of sulfonamides is 1. The highest BCUT2D eigenvalue weighted by Crippen LogP contribution is 2.61. The van der Waals surface area contributed by atoms with Crippen LogP contribution >= 0.6 is 0 Å². The number of nitrogens with zero attached hydrogens (tertiary/aromatic N) is 1. The summed E-state index contributed by atoms with van der Waals surface area (Å²) in [5.74, 6) is 0.786. The summed E-state index contributed by atoms with van der Waals surface area (Å²) in [6.07, 6.45) is -3.45. The van der Waals surface area contributed by atoms with Gasteiger partial charge in [-0.15, -0.1) is 0 Å². The van der Waals surface area contributed by atoms with Crippen LogP contribution in [-0.4, -0.2) is 25.8 Å². The molecular weight excluding hydrogens is 327 g/mol. The van der Waals surface area contributed by atoms with E-state index in [1.54, 1.807) is 0 Å². The first-order chi connectivity index (χ1) is 10.5. The number of aryl methyl sites for hydroxylation is 1. The van der Waals surface area contributed by atoms with Gasteiger partial charge in [0.05, 0.1) is 10.5 Å². The minimum absolute atomic E-state index is 0.0250. The Morgan fingerprint density at radius 1 is 1.22 bits per heavy atom. The molecule has 0 aromatic heterocycles. The topological polar surface area (TPSA) is 37.4 Å². The molecule has 2 fully saturated rings. The smallest absolute Gasteiger partial charge is 0.207 e. The summed E-state index contributed by atoms with van der Waals surface area (Å²) in [5, 5.41) is 0. The summed E-state index contributed by atoms with van der Waals surface area (Å²) in [7, 11) is -3.75. The van der Waals surface area contributed by atoms with Gasteiger partial charge >= 0.3 is 6.18 Å². The average molecular weight is 347 g/mol. The molecule has 0 N–H and O–H groups in total. The van der Waals surface area contributed by atoms with Crippen LogP contribution in [0.25, 0.3) is 0 Å². The van der Waals surface area contributed by atoms with Crippen LogP contribution in [0.3, 0.4) is 0 Å². The Morgan fingerprint density at radius 3 is 2.26 bits per heavy atom. The number of hydrogen-bond donors (Lipinski definition) is 0. The number of alkyl halides is 3. The standard InChI is InChI=1S/C16H20F3NO2S/c1-10-6-13(16(17,18)19)4-5-14(10)23(21,22)20-8-12(3)15(9-20)7-11(15)2/h4-6,11-12H,7-9H2,1-3H3. The predicted molar refractivity (Wildman–Crippen MR) is 80.3 cm³/mol. The summed E-state index contributed by atoms with van der Waals surface area (Å²) in [6, 6.07) is 2.83. The fourth-order valence-electron chi connectivity index (χ4n) is 3.89.